The molecule has 0 atom stereocenters. The van der Waals surface area contributed by atoms with Crippen LogP contribution < -0.4 is 18.6 Å². The highest BCUT2D eigenvalue weighted by Gasteiger charge is 2.07. The lowest BCUT2D eigenvalue weighted by Gasteiger charge is -2.23. The zero-order valence-electron chi connectivity index (χ0n) is 9.90. The Bertz CT molecular complexity index is 192. The van der Waals surface area contributed by atoms with Crippen LogP contribution in [-0.4, -0.2) is 44.7 Å². The maximum atomic E-state index is 10.7. The van der Waals surface area contributed by atoms with E-state index in [1.807, 2.05) is 0 Å². The van der Waals surface area contributed by atoms with Gasteiger partial charge in [0, 0.05) is 6.42 Å². The molecule has 8 heteroatoms. The Morgan fingerprint density at radius 1 is 1.19 bits per heavy atom. The van der Waals surface area contributed by atoms with Crippen LogP contribution >= 0.6 is 0 Å². The van der Waals surface area contributed by atoms with Crippen molar-refractivity contribution in [1.29, 1.82) is 0 Å². The number of ether oxygens (including phenoxy) is 1. The van der Waals surface area contributed by atoms with Crippen molar-refractivity contribution < 1.29 is 42.9 Å². The maximum Gasteiger partial charge on any atom is 0.305 e. The lowest BCUT2D eigenvalue weighted by molar-refractivity contribution is -2.00. The van der Waals surface area contributed by atoms with Gasteiger partial charge in [-0.2, -0.15) is 0 Å². The second kappa shape index (κ2) is 7.77. The van der Waals surface area contributed by atoms with Crippen molar-refractivity contribution in [3.05, 3.63) is 0 Å². The van der Waals surface area contributed by atoms with E-state index >= 15 is 0 Å². The van der Waals surface area contributed by atoms with Gasteiger partial charge < -0.3 is 9.22 Å². The molecule has 0 aliphatic rings. The maximum absolute atomic E-state index is 10.7. The van der Waals surface area contributed by atoms with Crippen molar-refractivity contribution in [2.45, 2.75) is 13.3 Å². The molecule has 16 heavy (non-hydrogen) atoms. The van der Waals surface area contributed by atoms with E-state index in [0.717, 1.165) is 11.0 Å². The van der Waals surface area contributed by atoms with Crippen molar-refractivity contribution in [3.8, 4) is 0 Å². The minimum atomic E-state index is -4.94. The highest BCUT2D eigenvalue weighted by atomic mass is 35.7. The third-order valence-corrected chi connectivity index (χ3v) is 1.31. The van der Waals surface area contributed by atoms with E-state index in [1.54, 1.807) is 6.92 Å². The molecule has 0 radical (unpaired) electrons. The van der Waals surface area contributed by atoms with E-state index in [2.05, 4.69) is 21.1 Å². The van der Waals surface area contributed by atoms with Crippen LogP contribution in [-0.2, 0) is 9.53 Å². The summed E-state index contributed by atoms with van der Waals surface area (Å²) in [6.07, 6.45) is 0.469. The van der Waals surface area contributed by atoms with Crippen molar-refractivity contribution >= 4 is 5.97 Å². The molecule has 0 amide bonds. The molecule has 0 aromatic carbocycles. The van der Waals surface area contributed by atoms with Crippen LogP contribution in [0.4, 0.5) is 0 Å². The summed E-state index contributed by atoms with van der Waals surface area (Å²) in [7, 11) is 1.26. The number of hydrogen-bond donors (Lipinski definition) is 0. The molecular weight excluding hydrogens is 242 g/mol. The third kappa shape index (κ3) is 29.2. The Morgan fingerprint density at radius 3 is 1.81 bits per heavy atom. The molecule has 0 fully saturated rings. The van der Waals surface area contributed by atoms with E-state index < -0.39 is 10.2 Å². The zero-order valence-corrected chi connectivity index (χ0v) is 10.7. The molecule has 7 nitrogen and oxygen atoms in total. The van der Waals surface area contributed by atoms with Gasteiger partial charge in [0.15, 0.2) is 0 Å². The summed E-state index contributed by atoms with van der Waals surface area (Å²) in [6.45, 7) is 3.19. The molecule has 0 aromatic rings. The molecule has 0 N–H and O–H groups in total. The molecule has 0 aliphatic heterocycles. The van der Waals surface area contributed by atoms with Crippen LogP contribution in [0, 0.1) is 10.2 Å². The number of halogens is 1. The average molecular weight is 260 g/mol. The van der Waals surface area contributed by atoms with Crippen molar-refractivity contribution in [1.82, 2.24) is 0 Å². The molecule has 0 saturated heterocycles. The van der Waals surface area contributed by atoms with Gasteiger partial charge in [-0.15, -0.1) is 10.2 Å². The predicted molar refractivity (Wildman–Crippen MR) is 44.1 cm³/mol. The van der Waals surface area contributed by atoms with Gasteiger partial charge >= 0.3 is 5.97 Å². The summed E-state index contributed by atoms with van der Waals surface area (Å²) in [4.78, 5) is 10.7. The number of esters is 1. The number of rotatable bonds is 4. The van der Waals surface area contributed by atoms with Gasteiger partial charge in [-0.25, -0.2) is 18.6 Å². The SMILES string of the molecule is CCC(=O)OCC[N+](C)(C)C.[O-][Cl+3]([O-])([O-])[O-]. The molecule has 98 valence electrons. The highest BCUT2D eigenvalue weighted by Crippen LogP contribution is 1.91. The third-order valence-electron chi connectivity index (χ3n) is 1.31. The fourth-order valence-electron chi connectivity index (χ4n) is 0.535. The summed E-state index contributed by atoms with van der Waals surface area (Å²) in [6, 6.07) is 0. The van der Waals surface area contributed by atoms with Crippen LogP contribution in [0.1, 0.15) is 13.3 Å². The van der Waals surface area contributed by atoms with E-state index in [9.17, 15) is 4.79 Å². The summed E-state index contributed by atoms with van der Waals surface area (Å²) in [5.41, 5.74) is 0. The Morgan fingerprint density at radius 2 is 1.56 bits per heavy atom. The number of carbonyl (C=O) groups excluding carboxylic acids is 1. The molecule has 0 unspecified atom stereocenters. The molecule has 0 heterocycles. The molecule has 0 aliphatic carbocycles. The van der Waals surface area contributed by atoms with Gasteiger partial charge in [-0.3, -0.25) is 4.79 Å². The Labute approximate surface area is 97.2 Å². The number of quaternary nitrogens is 1. The molecule has 0 saturated carbocycles. The van der Waals surface area contributed by atoms with Crippen molar-refractivity contribution in [2.75, 3.05) is 34.3 Å². The monoisotopic (exact) mass is 259 g/mol. The van der Waals surface area contributed by atoms with Crippen LogP contribution in [0.5, 0.6) is 0 Å². The summed E-state index contributed by atoms with van der Waals surface area (Å²) < 4.78 is 39.7. The molecule has 0 bridgehead atoms. The zero-order chi connectivity index (χ0) is 13.4. The van der Waals surface area contributed by atoms with Gasteiger partial charge in [0.1, 0.15) is 13.2 Å². The quantitative estimate of drug-likeness (QED) is 0.374. The highest BCUT2D eigenvalue weighted by molar-refractivity contribution is 5.68. The van der Waals surface area contributed by atoms with E-state index in [1.165, 1.54) is 0 Å². The lowest BCUT2D eigenvalue weighted by atomic mass is 10.5. The van der Waals surface area contributed by atoms with E-state index in [-0.39, 0.29) is 5.97 Å². The second-order valence-electron chi connectivity index (χ2n) is 3.97. The normalized spacial score (nSPS) is 11.5. The minimum Gasteiger partial charge on any atom is -0.460 e. The summed E-state index contributed by atoms with van der Waals surface area (Å²) >= 11 is 0. The van der Waals surface area contributed by atoms with E-state index in [0.29, 0.717) is 13.0 Å². The molecule has 0 rings (SSSR count). The number of carbonyl (C=O) groups is 1. The first kappa shape index (κ1) is 17.9. The first-order valence-electron chi connectivity index (χ1n) is 4.53. The van der Waals surface area contributed by atoms with Gasteiger partial charge in [-0.1, -0.05) is 6.92 Å². The standard InChI is InChI=1S/C8H18NO2.ClHO4/c1-5-8(10)11-7-6-9(2,3)4;2-1(3,4)5/h5-7H2,1-4H3;(H,2,3,4,5)/q+1;/p-1. The summed E-state index contributed by atoms with van der Waals surface area (Å²) in [5.74, 6) is -0.113. The van der Waals surface area contributed by atoms with Crippen LogP contribution in [0.2, 0.25) is 0 Å². The first-order chi connectivity index (χ1) is 6.95. The van der Waals surface area contributed by atoms with Crippen molar-refractivity contribution in [2.24, 2.45) is 0 Å². The fourth-order valence-corrected chi connectivity index (χ4v) is 0.535. The Kier molecular flexibility index (Phi) is 8.71. The smallest absolute Gasteiger partial charge is 0.305 e. The van der Waals surface area contributed by atoms with Gasteiger partial charge in [0.2, 0.25) is 0 Å². The van der Waals surface area contributed by atoms with Gasteiger partial charge in [0.05, 0.1) is 21.1 Å². The fraction of sp³-hybridized carbons (Fsp3) is 0.875. The Hall–Kier alpha value is -0.440. The number of nitrogens with zero attached hydrogens (tertiary/aromatic N) is 1. The Balaban J connectivity index is 0. The molecule has 0 aromatic heterocycles. The molecular formula is C8H18ClNO6. The first-order valence-corrected chi connectivity index (χ1v) is 5.77. The average Bonchev–Trinajstić information content (AvgIpc) is 1.98. The summed E-state index contributed by atoms with van der Waals surface area (Å²) in [5, 5.41) is 0. The van der Waals surface area contributed by atoms with Crippen LogP contribution in [0.15, 0.2) is 0 Å². The van der Waals surface area contributed by atoms with Gasteiger partial charge in [0.25, 0.3) is 0 Å². The number of likely N-dealkylation sites (N-methyl/N-ethyl adjacent to an activating group) is 1. The van der Waals surface area contributed by atoms with Crippen molar-refractivity contribution in [3.63, 3.8) is 0 Å². The minimum absolute atomic E-state index is 0.113. The van der Waals surface area contributed by atoms with Crippen LogP contribution in [0.3, 0.4) is 0 Å². The molecule has 0 spiro atoms. The van der Waals surface area contributed by atoms with Crippen LogP contribution in [0.25, 0.3) is 0 Å². The van der Waals surface area contributed by atoms with Gasteiger partial charge in [-0.05, 0) is 0 Å². The second-order valence-corrected chi connectivity index (χ2v) is 4.72. The van der Waals surface area contributed by atoms with E-state index in [4.69, 9.17) is 23.4 Å². The lowest BCUT2D eigenvalue weighted by Crippen LogP contribution is -2.68. The topological polar surface area (TPSA) is 119 Å². The number of hydrogen-bond acceptors (Lipinski definition) is 6. The predicted octanol–water partition coefficient (Wildman–Crippen LogP) is -4.11. The largest absolute Gasteiger partial charge is 0.460 e.